The van der Waals surface area contributed by atoms with E-state index in [2.05, 4.69) is 19.8 Å². The van der Waals surface area contributed by atoms with Gasteiger partial charge in [0, 0.05) is 29.3 Å². The highest BCUT2D eigenvalue weighted by Gasteiger charge is 2.29. The molecular formula is C16H17N5O2S2. The van der Waals surface area contributed by atoms with Crippen LogP contribution < -0.4 is 4.72 Å². The van der Waals surface area contributed by atoms with Crippen molar-refractivity contribution in [2.75, 3.05) is 4.72 Å². The van der Waals surface area contributed by atoms with E-state index in [1.54, 1.807) is 30.6 Å². The van der Waals surface area contributed by atoms with Gasteiger partial charge in [0.1, 0.15) is 10.0 Å². The Morgan fingerprint density at radius 2 is 1.92 bits per heavy atom. The first-order valence-corrected chi connectivity index (χ1v) is 10.2. The van der Waals surface area contributed by atoms with Gasteiger partial charge in [0.2, 0.25) is 0 Å². The number of hydrogen-bond donors (Lipinski definition) is 1. The van der Waals surface area contributed by atoms with Crippen molar-refractivity contribution in [2.24, 2.45) is 0 Å². The Morgan fingerprint density at radius 1 is 1.20 bits per heavy atom. The second kappa shape index (κ2) is 5.92. The van der Waals surface area contributed by atoms with E-state index in [1.807, 2.05) is 13.8 Å². The second-order valence-electron chi connectivity index (χ2n) is 6.10. The van der Waals surface area contributed by atoms with Crippen LogP contribution in [0.1, 0.15) is 34.9 Å². The summed E-state index contributed by atoms with van der Waals surface area (Å²) in [4.78, 5) is 9.35. The van der Waals surface area contributed by atoms with Crippen molar-refractivity contribution in [3.8, 4) is 5.95 Å². The molecule has 3 aromatic rings. The van der Waals surface area contributed by atoms with Gasteiger partial charge >= 0.3 is 0 Å². The molecule has 1 aliphatic carbocycles. The molecule has 0 aliphatic heterocycles. The Labute approximate surface area is 149 Å². The van der Waals surface area contributed by atoms with Gasteiger partial charge in [0.15, 0.2) is 0 Å². The third-order valence-corrected chi connectivity index (χ3v) is 7.09. The molecule has 130 valence electrons. The number of anilines is 1. The lowest BCUT2D eigenvalue weighted by Crippen LogP contribution is -2.15. The van der Waals surface area contributed by atoms with Crippen LogP contribution in [0.3, 0.4) is 0 Å². The lowest BCUT2D eigenvalue weighted by Gasteiger charge is -2.07. The molecule has 0 amide bonds. The zero-order valence-electron chi connectivity index (χ0n) is 13.8. The first-order chi connectivity index (χ1) is 11.9. The van der Waals surface area contributed by atoms with Crippen molar-refractivity contribution >= 4 is 27.2 Å². The summed E-state index contributed by atoms with van der Waals surface area (Å²) in [6, 6.07) is 5.17. The summed E-state index contributed by atoms with van der Waals surface area (Å²) in [7, 11) is -3.69. The molecule has 1 aliphatic rings. The Bertz CT molecular complexity index is 1000. The topological polar surface area (TPSA) is 89.8 Å². The maximum absolute atomic E-state index is 12.8. The van der Waals surface area contributed by atoms with Gasteiger partial charge in [-0.3, -0.25) is 4.72 Å². The van der Waals surface area contributed by atoms with E-state index in [-0.39, 0.29) is 4.21 Å². The summed E-state index contributed by atoms with van der Waals surface area (Å²) in [5, 5.41) is 4.51. The number of thiophene rings is 1. The maximum Gasteiger partial charge on any atom is 0.272 e. The summed E-state index contributed by atoms with van der Waals surface area (Å²) >= 11 is 1.26. The van der Waals surface area contributed by atoms with Crippen molar-refractivity contribution in [3.05, 3.63) is 46.7 Å². The highest BCUT2D eigenvalue weighted by Crippen LogP contribution is 2.40. The summed E-state index contributed by atoms with van der Waals surface area (Å²) < 4.78 is 29.9. The number of aryl methyl sites for hydroxylation is 2. The summed E-state index contributed by atoms with van der Waals surface area (Å²) in [6.07, 6.45) is 5.35. The third-order valence-electron chi connectivity index (χ3n) is 4.11. The number of hydrogen-bond acceptors (Lipinski definition) is 6. The predicted octanol–water partition coefficient (Wildman–Crippen LogP) is 3.02. The van der Waals surface area contributed by atoms with Crippen LogP contribution in [0, 0.1) is 13.8 Å². The van der Waals surface area contributed by atoms with Crippen LogP contribution in [0.25, 0.3) is 5.95 Å². The molecule has 0 aromatic carbocycles. The largest absolute Gasteiger partial charge is 0.272 e. The minimum absolute atomic E-state index is 0.289. The van der Waals surface area contributed by atoms with Gasteiger partial charge in [-0.2, -0.15) is 9.78 Å². The molecule has 1 saturated carbocycles. The molecule has 3 aromatic heterocycles. The Morgan fingerprint density at radius 3 is 2.52 bits per heavy atom. The Kier molecular flexibility index (Phi) is 3.84. The minimum Gasteiger partial charge on any atom is -0.262 e. The first-order valence-electron chi connectivity index (χ1n) is 7.91. The van der Waals surface area contributed by atoms with Gasteiger partial charge in [0.05, 0.1) is 5.69 Å². The van der Waals surface area contributed by atoms with Gasteiger partial charge < -0.3 is 0 Å². The first kappa shape index (κ1) is 16.2. The summed E-state index contributed by atoms with van der Waals surface area (Å²) in [5.41, 5.74) is 1.83. The van der Waals surface area contributed by atoms with Gasteiger partial charge in [-0.05, 0) is 44.4 Å². The molecule has 9 heteroatoms. The normalized spacial score (nSPS) is 14.6. The zero-order chi connectivity index (χ0) is 17.6. The summed E-state index contributed by atoms with van der Waals surface area (Å²) in [6.45, 7) is 3.81. The number of rotatable bonds is 5. The van der Waals surface area contributed by atoms with Crippen LogP contribution in [-0.4, -0.2) is 28.2 Å². The lowest BCUT2D eigenvalue weighted by atomic mass is 10.3. The quantitative estimate of drug-likeness (QED) is 0.740. The molecule has 0 spiro atoms. The highest BCUT2D eigenvalue weighted by molar-refractivity contribution is 7.94. The average molecular weight is 375 g/mol. The Balaban J connectivity index is 1.74. The van der Waals surface area contributed by atoms with E-state index in [0.717, 1.165) is 29.0 Å². The van der Waals surface area contributed by atoms with Crippen LogP contribution >= 0.6 is 11.3 Å². The fourth-order valence-electron chi connectivity index (χ4n) is 2.46. The molecule has 0 bridgehead atoms. The molecule has 0 atom stereocenters. The van der Waals surface area contributed by atoms with Crippen LogP contribution in [0.15, 0.2) is 34.8 Å². The number of nitrogens with zero attached hydrogens (tertiary/aromatic N) is 4. The Hall–Kier alpha value is -2.26. The molecule has 4 rings (SSSR count). The second-order valence-corrected chi connectivity index (χ2v) is 9.27. The smallest absolute Gasteiger partial charge is 0.262 e. The van der Waals surface area contributed by atoms with Crippen molar-refractivity contribution in [1.29, 1.82) is 0 Å². The molecule has 1 fully saturated rings. The van der Waals surface area contributed by atoms with E-state index in [9.17, 15) is 8.42 Å². The van der Waals surface area contributed by atoms with E-state index in [0.29, 0.717) is 17.7 Å². The van der Waals surface area contributed by atoms with Gasteiger partial charge in [-0.1, -0.05) is 0 Å². The van der Waals surface area contributed by atoms with Gasteiger partial charge in [-0.25, -0.2) is 18.4 Å². The SMILES string of the molecule is Cc1cc(S(=O)(=O)Nc2cc(C3CC3)nn2-c2ncccn2)sc1C. The molecular weight excluding hydrogens is 358 g/mol. The molecule has 3 heterocycles. The molecule has 0 radical (unpaired) electrons. The highest BCUT2D eigenvalue weighted by atomic mass is 32.2. The van der Waals surface area contributed by atoms with Gasteiger partial charge in [0.25, 0.3) is 16.0 Å². The number of sulfonamides is 1. The van der Waals surface area contributed by atoms with Crippen LogP contribution in [-0.2, 0) is 10.0 Å². The number of aromatic nitrogens is 4. The molecule has 25 heavy (non-hydrogen) atoms. The van der Waals surface area contributed by atoms with Crippen molar-refractivity contribution in [2.45, 2.75) is 36.8 Å². The fraction of sp³-hybridized carbons (Fsp3) is 0.312. The van der Waals surface area contributed by atoms with Crippen molar-refractivity contribution < 1.29 is 8.42 Å². The lowest BCUT2D eigenvalue weighted by molar-refractivity contribution is 0.602. The molecule has 0 unspecified atom stereocenters. The predicted molar refractivity (Wildman–Crippen MR) is 95.7 cm³/mol. The standard InChI is InChI=1S/C16H17N5O2S2/c1-10-8-15(24-11(10)2)25(22,23)20-14-9-13(12-4-5-12)19-21(14)16-17-6-3-7-18-16/h3,6-9,12,20H,4-5H2,1-2H3. The monoisotopic (exact) mass is 375 g/mol. The van der Waals surface area contributed by atoms with Crippen molar-refractivity contribution in [3.63, 3.8) is 0 Å². The fourth-order valence-corrected chi connectivity index (χ4v) is 5.01. The van der Waals surface area contributed by atoms with E-state index in [1.165, 1.54) is 16.0 Å². The molecule has 1 N–H and O–H groups in total. The molecule has 0 saturated heterocycles. The maximum atomic E-state index is 12.8. The average Bonchev–Trinajstić information content (AvgIpc) is 3.27. The van der Waals surface area contributed by atoms with Crippen LogP contribution in [0.4, 0.5) is 5.82 Å². The molecule has 7 nitrogen and oxygen atoms in total. The number of nitrogens with one attached hydrogen (secondary N) is 1. The van der Waals surface area contributed by atoms with E-state index in [4.69, 9.17) is 0 Å². The third kappa shape index (κ3) is 3.16. The van der Waals surface area contributed by atoms with E-state index >= 15 is 0 Å². The zero-order valence-corrected chi connectivity index (χ0v) is 15.4. The minimum atomic E-state index is -3.69. The van der Waals surface area contributed by atoms with Crippen LogP contribution in [0.5, 0.6) is 0 Å². The van der Waals surface area contributed by atoms with Gasteiger partial charge in [-0.15, -0.1) is 11.3 Å². The summed E-state index contributed by atoms with van der Waals surface area (Å²) in [5.74, 6) is 1.09. The van der Waals surface area contributed by atoms with Crippen molar-refractivity contribution in [1.82, 2.24) is 19.7 Å². The van der Waals surface area contributed by atoms with Crippen LogP contribution in [0.2, 0.25) is 0 Å². The van der Waals surface area contributed by atoms with E-state index < -0.39 is 10.0 Å².